The van der Waals surface area contributed by atoms with Crippen molar-refractivity contribution >= 4 is 46.5 Å². The second-order valence-corrected chi connectivity index (χ2v) is 8.78. The van der Waals surface area contributed by atoms with Crippen molar-refractivity contribution in [2.45, 2.75) is 25.3 Å². The summed E-state index contributed by atoms with van der Waals surface area (Å²) in [5.41, 5.74) is 2.80. The number of nitrogens with one attached hydrogen (secondary N) is 1. The molecule has 36 heavy (non-hydrogen) atoms. The third kappa shape index (κ3) is 5.78. The van der Waals surface area contributed by atoms with Gasteiger partial charge in [0.25, 0.3) is 5.91 Å². The molecule has 2 amide bonds. The Bertz CT molecular complexity index is 1230. The second kappa shape index (κ2) is 11.6. The van der Waals surface area contributed by atoms with Crippen LogP contribution < -0.4 is 10.2 Å². The average molecular weight is 502 g/mol. The lowest BCUT2D eigenvalue weighted by molar-refractivity contribution is -0.124. The van der Waals surface area contributed by atoms with E-state index in [1.165, 1.54) is 17.6 Å². The van der Waals surface area contributed by atoms with E-state index >= 15 is 0 Å². The Morgan fingerprint density at radius 2 is 1.58 bits per heavy atom. The van der Waals surface area contributed by atoms with E-state index in [0.717, 1.165) is 12.8 Å². The van der Waals surface area contributed by atoms with E-state index in [2.05, 4.69) is 17.4 Å². The first-order valence-corrected chi connectivity index (χ1v) is 12.1. The predicted molar refractivity (Wildman–Crippen MR) is 143 cm³/mol. The van der Waals surface area contributed by atoms with Crippen molar-refractivity contribution in [2.75, 3.05) is 23.9 Å². The summed E-state index contributed by atoms with van der Waals surface area (Å²) < 4.78 is 4.70. The number of thiocarbonyl (C=S) groups is 1. The molecule has 1 atom stereocenters. The summed E-state index contributed by atoms with van der Waals surface area (Å²) in [5.74, 6) is -0.989. The number of para-hydroxylation sites is 1. The van der Waals surface area contributed by atoms with Gasteiger partial charge in [0, 0.05) is 12.2 Å². The largest absolute Gasteiger partial charge is 0.465 e. The Labute approximate surface area is 215 Å². The number of hydrogen-bond donors (Lipinski definition) is 1. The van der Waals surface area contributed by atoms with Gasteiger partial charge in [-0.3, -0.25) is 14.5 Å². The molecule has 0 aromatic heterocycles. The van der Waals surface area contributed by atoms with Gasteiger partial charge in [0.05, 0.1) is 24.8 Å². The van der Waals surface area contributed by atoms with Crippen LogP contribution in [-0.2, 0) is 20.7 Å². The topological polar surface area (TPSA) is 78.9 Å². The van der Waals surface area contributed by atoms with Gasteiger partial charge < -0.3 is 15.0 Å². The van der Waals surface area contributed by atoms with E-state index < -0.39 is 12.0 Å². The van der Waals surface area contributed by atoms with Gasteiger partial charge in [0.15, 0.2) is 5.11 Å². The molecule has 184 valence electrons. The second-order valence-electron chi connectivity index (χ2n) is 8.41. The molecule has 0 aliphatic carbocycles. The number of esters is 1. The lowest BCUT2D eigenvalue weighted by Gasteiger charge is -2.24. The SMILES string of the molecule is COC(=O)c1ccc(NC(=O)CC2C(=O)N(c3ccccc3)C(=S)N2CCCc2ccccc2)cc1. The lowest BCUT2D eigenvalue weighted by Crippen LogP contribution is -2.38. The Kier molecular flexibility index (Phi) is 8.07. The molecule has 1 saturated heterocycles. The first kappa shape index (κ1) is 25.1. The van der Waals surface area contributed by atoms with Gasteiger partial charge >= 0.3 is 5.97 Å². The fourth-order valence-electron chi connectivity index (χ4n) is 4.20. The molecule has 1 aliphatic heterocycles. The number of nitrogens with zero attached hydrogens (tertiary/aromatic N) is 2. The summed E-state index contributed by atoms with van der Waals surface area (Å²) in [4.78, 5) is 41.4. The highest BCUT2D eigenvalue weighted by Gasteiger charge is 2.43. The van der Waals surface area contributed by atoms with Crippen molar-refractivity contribution in [3.05, 3.63) is 96.1 Å². The number of ether oxygens (including phenoxy) is 1. The van der Waals surface area contributed by atoms with Gasteiger partial charge in [-0.05, 0) is 67.0 Å². The molecule has 1 aliphatic rings. The van der Waals surface area contributed by atoms with E-state index in [-0.39, 0.29) is 18.2 Å². The number of benzene rings is 3. The van der Waals surface area contributed by atoms with Crippen molar-refractivity contribution in [2.24, 2.45) is 0 Å². The lowest BCUT2D eigenvalue weighted by atomic mass is 10.1. The number of methoxy groups -OCH3 is 1. The summed E-state index contributed by atoms with van der Waals surface area (Å²) in [6.45, 7) is 0.550. The third-order valence-corrected chi connectivity index (χ3v) is 6.43. The number of hydrogen-bond acceptors (Lipinski definition) is 5. The van der Waals surface area contributed by atoms with Crippen LogP contribution in [0.3, 0.4) is 0 Å². The van der Waals surface area contributed by atoms with E-state index in [0.29, 0.717) is 28.6 Å². The summed E-state index contributed by atoms with van der Waals surface area (Å²) in [6, 6.07) is 25.0. The Morgan fingerprint density at radius 1 is 0.944 bits per heavy atom. The molecule has 0 saturated carbocycles. The predicted octanol–water partition coefficient (Wildman–Crippen LogP) is 4.44. The number of rotatable bonds is 9. The van der Waals surface area contributed by atoms with Crippen LogP contribution in [0, 0.1) is 0 Å². The first-order chi connectivity index (χ1) is 17.5. The standard InChI is InChI=1S/C28H27N3O4S/c1-35-27(34)21-14-16-22(17-15-21)29-25(32)19-24-26(33)31(23-12-6-3-7-13-23)28(36)30(24)18-8-11-20-9-4-2-5-10-20/h2-7,9-10,12-17,24H,8,11,18-19H2,1H3,(H,29,32). The van der Waals surface area contributed by atoms with Crippen molar-refractivity contribution < 1.29 is 19.1 Å². The van der Waals surface area contributed by atoms with Gasteiger partial charge in [-0.15, -0.1) is 0 Å². The van der Waals surface area contributed by atoms with Crippen molar-refractivity contribution in [3.8, 4) is 0 Å². The normalized spacial score (nSPS) is 15.2. The molecule has 1 N–H and O–H groups in total. The Hall–Kier alpha value is -4.04. The summed E-state index contributed by atoms with van der Waals surface area (Å²) in [6.07, 6.45) is 1.57. The molecule has 0 bridgehead atoms. The molecule has 1 fully saturated rings. The Balaban J connectivity index is 1.47. The molecule has 0 spiro atoms. The van der Waals surface area contributed by atoms with Crippen molar-refractivity contribution in [1.29, 1.82) is 0 Å². The highest BCUT2D eigenvalue weighted by molar-refractivity contribution is 7.80. The molecule has 1 heterocycles. The average Bonchev–Trinajstić information content (AvgIpc) is 3.13. The molecule has 0 radical (unpaired) electrons. The van der Waals surface area contributed by atoms with Gasteiger partial charge in [-0.25, -0.2) is 4.79 Å². The van der Waals surface area contributed by atoms with E-state index in [4.69, 9.17) is 17.0 Å². The van der Waals surface area contributed by atoms with E-state index in [1.54, 1.807) is 24.3 Å². The highest BCUT2D eigenvalue weighted by atomic mass is 32.1. The summed E-state index contributed by atoms with van der Waals surface area (Å²) in [5, 5.41) is 3.22. The number of carbonyl (C=O) groups is 3. The fraction of sp³-hybridized carbons (Fsp3) is 0.214. The molecule has 1 unspecified atom stereocenters. The van der Waals surface area contributed by atoms with Crippen LogP contribution in [0.2, 0.25) is 0 Å². The number of anilines is 2. The van der Waals surface area contributed by atoms with Gasteiger partial charge in [0.2, 0.25) is 5.91 Å². The van der Waals surface area contributed by atoms with Crippen LogP contribution in [0.4, 0.5) is 11.4 Å². The molecule has 7 nitrogen and oxygen atoms in total. The first-order valence-electron chi connectivity index (χ1n) is 11.7. The summed E-state index contributed by atoms with van der Waals surface area (Å²) in [7, 11) is 1.31. The molecule has 3 aromatic rings. The van der Waals surface area contributed by atoms with Gasteiger partial charge in [-0.2, -0.15) is 0 Å². The number of carbonyl (C=O) groups excluding carboxylic acids is 3. The minimum absolute atomic E-state index is 0.0492. The van der Waals surface area contributed by atoms with Crippen LogP contribution in [0.15, 0.2) is 84.9 Å². The zero-order chi connectivity index (χ0) is 25.5. The zero-order valence-electron chi connectivity index (χ0n) is 19.9. The van der Waals surface area contributed by atoms with Crippen LogP contribution >= 0.6 is 12.2 Å². The third-order valence-electron chi connectivity index (χ3n) is 6.01. The van der Waals surface area contributed by atoms with Crippen LogP contribution in [0.1, 0.15) is 28.8 Å². The molecular formula is C28H27N3O4S. The smallest absolute Gasteiger partial charge is 0.337 e. The summed E-state index contributed by atoms with van der Waals surface area (Å²) >= 11 is 5.72. The van der Waals surface area contributed by atoms with E-state index in [9.17, 15) is 14.4 Å². The van der Waals surface area contributed by atoms with E-state index in [1.807, 2.05) is 53.4 Å². The van der Waals surface area contributed by atoms with Crippen LogP contribution in [0.25, 0.3) is 0 Å². The minimum Gasteiger partial charge on any atom is -0.465 e. The maximum Gasteiger partial charge on any atom is 0.337 e. The molecule has 4 rings (SSSR count). The maximum atomic E-state index is 13.5. The fourth-order valence-corrected chi connectivity index (χ4v) is 4.61. The maximum absolute atomic E-state index is 13.5. The van der Waals surface area contributed by atoms with Crippen LogP contribution in [-0.4, -0.2) is 47.5 Å². The van der Waals surface area contributed by atoms with Gasteiger partial charge in [0.1, 0.15) is 6.04 Å². The monoisotopic (exact) mass is 501 g/mol. The Morgan fingerprint density at radius 3 is 2.22 bits per heavy atom. The molecular weight excluding hydrogens is 474 g/mol. The molecule has 3 aromatic carbocycles. The molecule has 8 heteroatoms. The highest BCUT2D eigenvalue weighted by Crippen LogP contribution is 2.27. The van der Waals surface area contributed by atoms with Crippen molar-refractivity contribution in [3.63, 3.8) is 0 Å². The van der Waals surface area contributed by atoms with Gasteiger partial charge in [-0.1, -0.05) is 48.5 Å². The minimum atomic E-state index is -0.706. The van der Waals surface area contributed by atoms with Crippen LogP contribution in [0.5, 0.6) is 0 Å². The zero-order valence-corrected chi connectivity index (χ0v) is 20.7. The number of aryl methyl sites for hydroxylation is 1. The quantitative estimate of drug-likeness (QED) is 0.345. The van der Waals surface area contributed by atoms with Crippen molar-refractivity contribution in [1.82, 2.24) is 4.90 Å². The number of amides is 2.